The molecule has 0 atom stereocenters. The van der Waals surface area contributed by atoms with E-state index in [2.05, 4.69) is 0 Å². The molecule has 0 bridgehead atoms. The van der Waals surface area contributed by atoms with E-state index in [0.29, 0.717) is 11.1 Å². The van der Waals surface area contributed by atoms with Gasteiger partial charge in [-0.25, -0.2) is 9.59 Å². The van der Waals surface area contributed by atoms with Crippen LogP contribution in [0.5, 0.6) is 0 Å². The van der Waals surface area contributed by atoms with Gasteiger partial charge in [0, 0.05) is 34.4 Å². The van der Waals surface area contributed by atoms with Crippen LogP contribution in [-0.4, -0.2) is 35.2 Å². The van der Waals surface area contributed by atoms with Gasteiger partial charge in [-0.3, -0.25) is 9.59 Å². The molecule has 140 valence electrons. The van der Waals surface area contributed by atoms with Gasteiger partial charge in [-0.05, 0) is 30.2 Å². The Morgan fingerprint density at radius 3 is 1.86 bits per heavy atom. The second kappa shape index (κ2) is 7.84. The Morgan fingerprint density at radius 2 is 1.39 bits per heavy atom. The largest absolute Gasteiger partial charge is 0.478 e. The van der Waals surface area contributed by atoms with Gasteiger partial charge in [0.1, 0.15) is 0 Å². The number of carboxylic acid groups (broad SMARTS) is 1. The van der Waals surface area contributed by atoms with Gasteiger partial charge in [0.05, 0.1) is 6.61 Å². The molecule has 1 aliphatic rings. The summed E-state index contributed by atoms with van der Waals surface area (Å²) in [6, 6.07) is 9.56. The van der Waals surface area contributed by atoms with Crippen LogP contribution < -0.4 is 0 Å². The number of ketones is 2. The lowest BCUT2D eigenvalue weighted by atomic mass is 9.79. The third-order valence-electron chi connectivity index (χ3n) is 4.23. The van der Waals surface area contributed by atoms with Crippen molar-refractivity contribution in [2.24, 2.45) is 0 Å². The number of aliphatic carboxylic acids is 1. The lowest BCUT2D eigenvalue weighted by molar-refractivity contribution is -0.137. The van der Waals surface area contributed by atoms with E-state index in [4.69, 9.17) is 9.84 Å². The van der Waals surface area contributed by atoms with Crippen LogP contribution in [0.15, 0.2) is 48.6 Å². The molecule has 0 aliphatic heterocycles. The van der Waals surface area contributed by atoms with Gasteiger partial charge < -0.3 is 9.84 Å². The molecule has 0 fully saturated rings. The first-order valence-electron chi connectivity index (χ1n) is 8.55. The van der Waals surface area contributed by atoms with Crippen molar-refractivity contribution in [1.29, 1.82) is 0 Å². The zero-order valence-electron chi connectivity index (χ0n) is 15.0. The number of ether oxygens (including phenoxy) is 1. The fraction of sp³-hybridized carbons (Fsp3) is 0.0909. The van der Waals surface area contributed by atoms with Gasteiger partial charge >= 0.3 is 11.9 Å². The van der Waals surface area contributed by atoms with E-state index in [1.54, 1.807) is 43.3 Å². The summed E-state index contributed by atoms with van der Waals surface area (Å²) < 4.78 is 4.85. The smallest absolute Gasteiger partial charge is 0.330 e. The summed E-state index contributed by atoms with van der Waals surface area (Å²) in [6.07, 6.45) is 4.78. The summed E-state index contributed by atoms with van der Waals surface area (Å²) in [7, 11) is 0. The summed E-state index contributed by atoms with van der Waals surface area (Å²) in [6.45, 7) is 1.89. The molecule has 2 aromatic rings. The third-order valence-corrected chi connectivity index (χ3v) is 4.23. The molecule has 6 nitrogen and oxygen atoms in total. The zero-order valence-corrected chi connectivity index (χ0v) is 15.0. The zero-order chi connectivity index (χ0) is 20.3. The molecule has 0 radical (unpaired) electrons. The van der Waals surface area contributed by atoms with Crippen molar-refractivity contribution in [3.63, 3.8) is 0 Å². The molecule has 28 heavy (non-hydrogen) atoms. The Kier molecular flexibility index (Phi) is 5.31. The number of carboxylic acids is 1. The predicted octanol–water partition coefficient (Wildman–Crippen LogP) is 3.14. The van der Waals surface area contributed by atoms with E-state index >= 15 is 0 Å². The van der Waals surface area contributed by atoms with Crippen LogP contribution in [0.4, 0.5) is 0 Å². The highest BCUT2D eigenvalue weighted by Gasteiger charge is 2.32. The third kappa shape index (κ3) is 3.53. The monoisotopic (exact) mass is 376 g/mol. The number of benzene rings is 2. The molecule has 6 heteroatoms. The first-order valence-corrected chi connectivity index (χ1v) is 8.55. The molecule has 1 aliphatic carbocycles. The van der Waals surface area contributed by atoms with Crippen molar-refractivity contribution in [2.45, 2.75) is 6.92 Å². The Hall–Kier alpha value is -3.80. The van der Waals surface area contributed by atoms with Gasteiger partial charge in [0.15, 0.2) is 11.6 Å². The van der Waals surface area contributed by atoms with Crippen molar-refractivity contribution in [3.8, 4) is 0 Å². The van der Waals surface area contributed by atoms with E-state index in [0.717, 1.165) is 6.08 Å². The minimum absolute atomic E-state index is 0.118. The summed E-state index contributed by atoms with van der Waals surface area (Å²) in [5, 5.41) is 8.90. The normalized spacial score (nSPS) is 12.9. The van der Waals surface area contributed by atoms with Crippen molar-refractivity contribution in [2.75, 3.05) is 6.61 Å². The summed E-state index contributed by atoms with van der Waals surface area (Å²) in [5.41, 5.74) is 1.48. The van der Waals surface area contributed by atoms with Crippen LogP contribution in [0.25, 0.3) is 12.2 Å². The fourth-order valence-corrected chi connectivity index (χ4v) is 3.06. The van der Waals surface area contributed by atoms with Crippen LogP contribution in [0, 0.1) is 0 Å². The van der Waals surface area contributed by atoms with E-state index in [1.165, 1.54) is 18.2 Å². The predicted molar refractivity (Wildman–Crippen MR) is 102 cm³/mol. The van der Waals surface area contributed by atoms with Crippen molar-refractivity contribution >= 4 is 35.7 Å². The maximum absolute atomic E-state index is 13.1. The first-order chi connectivity index (χ1) is 13.4. The average Bonchev–Trinajstić information content (AvgIpc) is 2.68. The van der Waals surface area contributed by atoms with E-state index in [1.807, 2.05) is 0 Å². The quantitative estimate of drug-likeness (QED) is 0.543. The maximum atomic E-state index is 13.1. The summed E-state index contributed by atoms with van der Waals surface area (Å²) in [4.78, 5) is 48.7. The highest BCUT2D eigenvalue weighted by atomic mass is 16.5. The standard InChI is InChI=1S/C22H16O6/c1-2-28-18(25)12-10-14-8-7-13(9-11-17(23)24)19-20(14)22(27)16-6-4-3-5-15(16)21(19)26/h3-12H,2H2,1H3,(H,23,24). The van der Waals surface area contributed by atoms with Gasteiger partial charge in [-0.1, -0.05) is 36.4 Å². The van der Waals surface area contributed by atoms with Crippen LogP contribution in [0.2, 0.25) is 0 Å². The molecule has 3 rings (SSSR count). The van der Waals surface area contributed by atoms with E-state index in [-0.39, 0.29) is 40.4 Å². The van der Waals surface area contributed by atoms with Crippen LogP contribution in [0.1, 0.15) is 49.9 Å². The lowest BCUT2D eigenvalue weighted by Crippen LogP contribution is -2.23. The number of carbonyl (C=O) groups is 4. The topological polar surface area (TPSA) is 97.7 Å². The number of carbonyl (C=O) groups excluding carboxylic acids is 3. The molecule has 0 amide bonds. The van der Waals surface area contributed by atoms with Crippen molar-refractivity contribution in [1.82, 2.24) is 0 Å². The Bertz CT molecular complexity index is 1060. The van der Waals surface area contributed by atoms with Crippen LogP contribution in [-0.2, 0) is 14.3 Å². The molecular formula is C22H16O6. The number of esters is 1. The number of fused-ring (bicyclic) bond motifs is 2. The molecule has 0 unspecified atom stereocenters. The minimum Gasteiger partial charge on any atom is -0.478 e. The second-order valence-corrected chi connectivity index (χ2v) is 5.95. The van der Waals surface area contributed by atoms with Gasteiger partial charge in [0.2, 0.25) is 0 Å². The number of hydrogen-bond donors (Lipinski definition) is 1. The van der Waals surface area contributed by atoms with Crippen molar-refractivity contribution < 1.29 is 29.0 Å². The minimum atomic E-state index is -1.17. The van der Waals surface area contributed by atoms with Crippen molar-refractivity contribution in [3.05, 3.63) is 81.9 Å². The first kappa shape index (κ1) is 19.0. The van der Waals surface area contributed by atoms with Gasteiger partial charge in [0.25, 0.3) is 0 Å². The second-order valence-electron chi connectivity index (χ2n) is 5.95. The van der Waals surface area contributed by atoms with Gasteiger partial charge in [-0.2, -0.15) is 0 Å². The Labute approximate surface area is 160 Å². The average molecular weight is 376 g/mol. The molecule has 0 heterocycles. The molecule has 0 spiro atoms. The molecular weight excluding hydrogens is 360 g/mol. The summed E-state index contributed by atoms with van der Waals surface area (Å²) in [5.74, 6) is -2.47. The SMILES string of the molecule is CCOC(=O)C=Cc1ccc(C=CC(=O)O)c2c1C(=O)c1ccccc1C2=O. The molecule has 0 aromatic heterocycles. The Morgan fingerprint density at radius 1 is 0.893 bits per heavy atom. The maximum Gasteiger partial charge on any atom is 0.330 e. The Balaban J connectivity index is 2.21. The number of hydrogen-bond acceptors (Lipinski definition) is 5. The molecule has 1 N–H and O–H groups in total. The number of rotatable bonds is 5. The summed E-state index contributed by atoms with van der Waals surface area (Å²) >= 11 is 0. The molecule has 2 aromatic carbocycles. The van der Waals surface area contributed by atoms with E-state index in [9.17, 15) is 19.2 Å². The lowest BCUT2D eigenvalue weighted by Gasteiger charge is -2.21. The molecule has 0 saturated carbocycles. The highest BCUT2D eigenvalue weighted by Crippen LogP contribution is 2.33. The van der Waals surface area contributed by atoms with Crippen LogP contribution >= 0.6 is 0 Å². The fourth-order valence-electron chi connectivity index (χ4n) is 3.06. The van der Waals surface area contributed by atoms with Gasteiger partial charge in [-0.15, -0.1) is 0 Å². The molecule has 0 saturated heterocycles. The van der Waals surface area contributed by atoms with E-state index < -0.39 is 11.9 Å². The van der Waals surface area contributed by atoms with Crippen LogP contribution in [0.3, 0.4) is 0 Å². The highest BCUT2D eigenvalue weighted by molar-refractivity contribution is 6.30.